The van der Waals surface area contributed by atoms with E-state index < -0.39 is 0 Å². The minimum Gasteiger partial charge on any atom is -0.344 e. The number of thiophene rings is 1. The molecule has 0 saturated heterocycles. The molecular formula is C25H25N3O2S2. The van der Waals surface area contributed by atoms with Crippen LogP contribution in [0.3, 0.4) is 0 Å². The SMILES string of the molecule is Cc1ccc(C(NC(=O)CSc2nc3ccccc3c(=O)n2C(C)C)c2cccs2)cc1. The van der Waals surface area contributed by atoms with Crippen LogP contribution in [0.1, 0.15) is 41.9 Å². The first kappa shape index (κ1) is 22.3. The van der Waals surface area contributed by atoms with Crippen LogP contribution in [0.4, 0.5) is 0 Å². The van der Waals surface area contributed by atoms with Crippen LogP contribution < -0.4 is 10.9 Å². The first-order chi connectivity index (χ1) is 15.4. The van der Waals surface area contributed by atoms with E-state index in [1.807, 2.05) is 56.5 Å². The molecule has 0 bridgehead atoms. The van der Waals surface area contributed by atoms with Crippen molar-refractivity contribution in [1.82, 2.24) is 14.9 Å². The van der Waals surface area contributed by atoms with Gasteiger partial charge in [0.15, 0.2) is 5.16 Å². The van der Waals surface area contributed by atoms with Gasteiger partial charge < -0.3 is 5.32 Å². The summed E-state index contributed by atoms with van der Waals surface area (Å²) in [6.07, 6.45) is 0. The lowest BCUT2D eigenvalue weighted by Gasteiger charge is -2.19. The number of benzene rings is 2. The maximum absolute atomic E-state index is 13.0. The number of nitrogens with zero attached hydrogens (tertiary/aromatic N) is 2. The molecule has 1 amide bonds. The molecule has 1 atom stereocenters. The molecule has 0 aliphatic heterocycles. The van der Waals surface area contributed by atoms with Gasteiger partial charge in [-0.25, -0.2) is 4.98 Å². The summed E-state index contributed by atoms with van der Waals surface area (Å²) < 4.78 is 1.66. The molecule has 0 aliphatic rings. The first-order valence-electron chi connectivity index (χ1n) is 10.5. The Balaban J connectivity index is 1.56. The topological polar surface area (TPSA) is 64.0 Å². The Labute approximate surface area is 195 Å². The number of aromatic nitrogens is 2. The Kier molecular flexibility index (Phi) is 6.77. The quantitative estimate of drug-likeness (QED) is 0.297. The van der Waals surface area contributed by atoms with Crippen molar-refractivity contribution in [3.63, 3.8) is 0 Å². The van der Waals surface area contributed by atoms with Crippen LogP contribution in [-0.4, -0.2) is 21.2 Å². The highest BCUT2D eigenvalue weighted by atomic mass is 32.2. The summed E-state index contributed by atoms with van der Waals surface area (Å²) in [5.41, 5.74) is 2.78. The monoisotopic (exact) mass is 463 g/mol. The molecular weight excluding hydrogens is 438 g/mol. The molecule has 0 fully saturated rings. The average molecular weight is 464 g/mol. The number of aryl methyl sites for hydroxylation is 1. The number of hydrogen-bond donors (Lipinski definition) is 1. The second-order valence-electron chi connectivity index (χ2n) is 7.90. The van der Waals surface area contributed by atoms with Gasteiger partial charge in [-0.3, -0.25) is 14.2 Å². The second-order valence-corrected chi connectivity index (χ2v) is 9.82. The van der Waals surface area contributed by atoms with Gasteiger partial charge >= 0.3 is 0 Å². The minimum atomic E-state index is -0.208. The van der Waals surface area contributed by atoms with E-state index in [-0.39, 0.29) is 29.3 Å². The third-order valence-corrected chi connectivity index (χ3v) is 7.06. The molecule has 0 spiro atoms. The van der Waals surface area contributed by atoms with Gasteiger partial charge in [0.25, 0.3) is 5.56 Å². The second kappa shape index (κ2) is 9.71. The maximum Gasteiger partial charge on any atom is 0.262 e. The summed E-state index contributed by atoms with van der Waals surface area (Å²) in [7, 11) is 0. The van der Waals surface area contributed by atoms with Gasteiger partial charge in [-0.15, -0.1) is 11.3 Å². The van der Waals surface area contributed by atoms with Gasteiger partial charge in [0.1, 0.15) is 0 Å². The van der Waals surface area contributed by atoms with Crippen LogP contribution in [-0.2, 0) is 4.79 Å². The predicted molar refractivity (Wildman–Crippen MR) is 133 cm³/mol. The fourth-order valence-electron chi connectivity index (χ4n) is 3.55. The molecule has 0 saturated carbocycles. The van der Waals surface area contributed by atoms with Crippen LogP contribution in [0, 0.1) is 6.92 Å². The highest BCUT2D eigenvalue weighted by Gasteiger charge is 2.20. The van der Waals surface area contributed by atoms with Crippen LogP contribution in [0.5, 0.6) is 0 Å². The lowest BCUT2D eigenvalue weighted by Crippen LogP contribution is -2.31. The van der Waals surface area contributed by atoms with Gasteiger partial charge in [0, 0.05) is 10.9 Å². The smallest absolute Gasteiger partial charge is 0.262 e. The summed E-state index contributed by atoms with van der Waals surface area (Å²) in [5.74, 6) is 0.0669. The average Bonchev–Trinajstić information content (AvgIpc) is 3.31. The largest absolute Gasteiger partial charge is 0.344 e. The Morgan fingerprint density at radius 2 is 1.84 bits per heavy atom. The van der Waals surface area contributed by atoms with Gasteiger partial charge in [0.05, 0.1) is 22.7 Å². The number of fused-ring (bicyclic) bond motifs is 1. The minimum absolute atomic E-state index is 0.0587. The third-order valence-electron chi connectivity index (χ3n) is 5.17. The van der Waals surface area contributed by atoms with Crippen molar-refractivity contribution in [2.45, 2.75) is 38.0 Å². The van der Waals surface area contributed by atoms with E-state index in [1.165, 1.54) is 17.3 Å². The van der Waals surface area contributed by atoms with Gasteiger partial charge in [-0.2, -0.15) is 0 Å². The lowest BCUT2D eigenvalue weighted by molar-refractivity contribution is -0.119. The summed E-state index contributed by atoms with van der Waals surface area (Å²) in [6.45, 7) is 5.95. The molecule has 2 aromatic heterocycles. The summed E-state index contributed by atoms with van der Waals surface area (Å²) in [4.78, 5) is 31.7. The molecule has 0 aliphatic carbocycles. The molecule has 164 valence electrons. The van der Waals surface area contributed by atoms with E-state index in [0.717, 1.165) is 10.4 Å². The standard InChI is InChI=1S/C25H25N3O2S2/c1-16(2)28-24(30)19-7-4-5-8-20(19)26-25(28)32-15-22(29)27-23(21-9-6-14-31-21)18-12-10-17(3)11-13-18/h4-14,16,23H,15H2,1-3H3,(H,27,29). The Hall–Kier alpha value is -2.90. The zero-order valence-corrected chi connectivity index (χ0v) is 19.9. The van der Waals surface area contributed by atoms with Crippen molar-refractivity contribution < 1.29 is 4.79 Å². The highest BCUT2D eigenvalue weighted by molar-refractivity contribution is 7.99. The molecule has 0 radical (unpaired) electrons. The molecule has 32 heavy (non-hydrogen) atoms. The third kappa shape index (κ3) is 4.79. The molecule has 5 nitrogen and oxygen atoms in total. The van der Waals surface area contributed by atoms with E-state index in [4.69, 9.17) is 0 Å². The van der Waals surface area contributed by atoms with Crippen LogP contribution in [0.15, 0.2) is 76.0 Å². The van der Waals surface area contributed by atoms with E-state index in [0.29, 0.717) is 16.1 Å². The Morgan fingerprint density at radius 1 is 1.09 bits per heavy atom. The van der Waals surface area contributed by atoms with Gasteiger partial charge in [-0.05, 0) is 49.9 Å². The number of carbonyl (C=O) groups is 1. The molecule has 4 aromatic rings. The number of nitrogens with one attached hydrogen (secondary N) is 1. The van der Waals surface area contributed by atoms with Crippen LogP contribution in [0.25, 0.3) is 10.9 Å². The fraction of sp³-hybridized carbons (Fsp3) is 0.240. The lowest BCUT2D eigenvalue weighted by atomic mass is 10.0. The van der Waals surface area contributed by atoms with Crippen molar-refractivity contribution >= 4 is 39.9 Å². The molecule has 4 rings (SSSR count). The highest BCUT2D eigenvalue weighted by Crippen LogP contribution is 2.27. The number of amides is 1. The number of para-hydroxylation sites is 1. The Bertz CT molecular complexity index is 1280. The van der Waals surface area contributed by atoms with E-state index in [1.54, 1.807) is 22.0 Å². The molecule has 2 heterocycles. The molecule has 7 heteroatoms. The molecule has 2 aromatic carbocycles. The zero-order chi connectivity index (χ0) is 22.7. The number of thioether (sulfide) groups is 1. The van der Waals surface area contributed by atoms with Crippen molar-refractivity contribution in [3.8, 4) is 0 Å². The van der Waals surface area contributed by atoms with E-state index in [9.17, 15) is 9.59 Å². The first-order valence-corrected chi connectivity index (χ1v) is 12.3. The zero-order valence-electron chi connectivity index (χ0n) is 18.2. The molecule has 1 N–H and O–H groups in total. The number of rotatable bonds is 7. The van der Waals surface area contributed by atoms with Gasteiger partial charge in [0.2, 0.25) is 5.91 Å². The Morgan fingerprint density at radius 3 is 2.53 bits per heavy atom. The van der Waals surface area contributed by atoms with E-state index in [2.05, 4.69) is 34.6 Å². The van der Waals surface area contributed by atoms with Crippen molar-refractivity contribution in [2.75, 3.05) is 5.75 Å². The number of carbonyl (C=O) groups excluding carboxylic acids is 1. The van der Waals surface area contributed by atoms with Crippen molar-refractivity contribution in [3.05, 3.63) is 92.4 Å². The van der Waals surface area contributed by atoms with E-state index >= 15 is 0 Å². The summed E-state index contributed by atoms with van der Waals surface area (Å²) in [5, 5.41) is 6.32. The van der Waals surface area contributed by atoms with Crippen molar-refractivity contribution in [1.29, 1.82) is 0 Å². The fourth-order valence-corrected chi connectivity index (χ4v) is 5.29. The van der Waals surface area contributed by atoms with Crippen LogP contribution >= 0.6 is 23.1 Å². The predicted octanol–water partition coefficient (Wildman–Crippen LogP) is 5.35. The maximum atomic E-state index is 13.0. The van der Waals surface area contributed by atoms with Gasteiger partial charge in [-0.1, -0.05) is 59.8 Å². The van der Waals surface area contributed by atoms with Crippen molar-refractivity contribution in [2.24, 2.45) is 0 Å². The molecule has 1 unspecified atom stereocenters. The summed E-state index contributed by atoms with van der Waals surface area (Å²) in [6, 6.07) is 19.3. The number of hydrogen-bond acceptors (Lipinski definition) is 5. The van der Waals surface area contributed by atoms with Crippen LogP contribution in [0.2, 0.25) is 0 Å². The summed E-state index contributed by atoms with van der Waals surface area (Å²) >= 11 is 2.91. The normalized spacial score (nSPS) is 12.2.